The number of amides is 2. The fourth-order valence-electron chi connectivity index (χ4n) is 3.82. The van der Waals surface area contributed by atoms with Crippen molar-refractivity contribution in [1.29, 1.82) is 0 Å². The van der Waals surface area contributed by atoms with Crippen molar-refractivity contribution < 1.29 is 22.8 Å². The first-order chi connectivity index (χ1) is 18.5. The van der Waals surface area contributed by atoms with Gasteiger partial charge in [-0.25, -0.2) is 4.98 Å². The van der Waals surface area contributed by atoms with Crippen molar-refractivity contribution in [2.45, 2.75) is 13.1 Å². The van der Waals surface area contributed by atoms with Crippen LogP contribution >= 0.6 is 0 Å². The van der Waals surface area contributed by atoms with Crippen molar-refractivity contribution >= 4 is 23.3 Å². The van der Waals surface area contributed by atoms with Gasteiger partial charge in [-0.3, -0.25) is 19.6 Å². The molecule has 0 aliphatic heterocycles. The number of aryl methyl sites for hydroxylation is 1. The van der Waals surface area contributed by atoms with Crippen LogP contribution in [0.15, 0.2) is 73.2 Å². The van der Waals surface area contributed by atoms with Crippen LogP contribution in [0.2, 0.25) is 0 Å². The second-order valence-corrected chi connectivity index (χ2v) is 9.06. The molecular weight excluding hydrogens is 509 g/mol. The number of hydrogen-bond donors (Lipinski definition) is 2. The summed E-state index contributed by atoms with van der Waals surface area (Å²) in [5.41, 5.74) is 3.04. The van der Waals surface area contributed by atoms with Crippen molar-refractivity contribution in [2.75, 3.05) is 31.3 Å². The molecule has 0 fully saturated rings. The van der Waals surface area contributed by atoms with Crippen LogP contribution in [0.4, 0.5) is 24.7 Å². The van der Waals surface area contributed by atoms with E-state index in [1.54, 1.807) is 55.7 Å². The van der Waals surface area contributed by atoms with Gasteiger partial charge in [-0.15, -0.1) is 0 Å². The van der Waals surface area contributed by atoms with E-state index >= 15 is 0 Å². The first-order valence-electron chi connectivity index (χ1n) is 11.8. The molecule has 0 unspecified atom stereocenters. The number of hydrogen-bond acceptors (Lipinski definition) is 6. The summed E-state index contributed by atoms with van der Waals surface area (Å²) < 4.78 is 39.0. The molecule has 3 heterocycles. The first-order valence-corrected chi connectivity index (χ1v) is 11.8. The number of benzene rings is 1. The lowest BCUT2D eigenvalue weighted by molar-refractivity contribution is -0.141. The number of pyridine rings is 3. The van der Waals surface area contributed by atoms with Crippen LogP contribution in [-0.4, -0.2) is 52.3 Å². The second kappa shape index (κ2) is 11.4. The van der Waals surface area contributed by atoms with E-state index in [1.807, 2.05) is 25.1 Å². The van der Waals surface area contributed by atoms with Gasteiger partial charge in [0.1, 0.15) is 11.5 Å². The Labute approximate surface area is 222 Å². The van der Waals surface area contributed by atoms with E-state index in [-0.39, 0.29) is 18.0 Å². The fourth-order valence-corrected chi connectivity index (χ4v) is 3.82. The highest BCUT2D eigenvalue weighted by molar-refractivity contribution is 6.04. The number of rotatable bonds is 7. The molecule has 0 radical (unpaired) electrons. The van der Waals surface area contributed by atoms with Crippen LogP contribution in [0.5, 0.6) is 0 Å². The number of nitrogens with zero attached hydrogens (tertiary/aromatic N) is 4. The monoisotopic (exact) mass is 534 g/mol. The third kappa shape index (κ3) is 7.02. The topological polar surface area (TPSA) is 100 Å². The van der Waals surface area contributed by atoms with Crippen molar-refractivity contribution in [3.63, 3.8) is 0 Å². The molecule has 1 aromatic carbocycles. The molecule has 200 valence electrons. The van der Waals surface area contributed by atoms with E-state index < -0.39 is 17.8 Å². The summed E-state index contributed by atoms with van der Waals surface area (Å²) in [5, 5.41) is 5.42. The van der Waals surface area contributed by atoms with Gasteiger partial charge in [-0.2, -0.15) is 13.2 Å². The summed E-state index contributed by atoms with van der Waals surface area (Å²) in [6.07, 6.45) is -0.468. The van der Waals surface area contributed by atoms with Gasteiger partial charge >= 0.3 is 6.18 Å². The van der Waals surface area contributed by atoms with Gasteiger partial charge in [0, 0.05) is 35.4 Å². The van der Waals surface area contributed by atoms with Crippen LogP contribution in [0.25, 0.3) is 22.4 Å². The van der Waals surface area contributed by atoms with Crippen LogP contribution in [-0.2, 0) is 11.0 Å². The summed E-state index contributed by atoms with van der Waals surface area (Å²) in [7, 11) is 3.59. The zero-order chi connectivity index (χ0) is 28.2. The van der Waals surface area contributed by atoms with E-state index in [2.05, 4.69) is 25.6 Å². The molecule has 3 aromatic heterocycles. The quantitative estimate of drug-likeness (QED) is 0.335. The van der Waals surface area contributed by atoms with E-state index in [1.165, 1.54) is 6.07 Å². The van der Waals surface area contributed by atoms with Crippen molar-refractivity contribution in [3.8, 4) is 22.4 Å². The summed E-state index contributed by atoms with van der Waals surface area (Å²) in [4.78, 5) is 38.5. The number of carbonyl (C=O) groups is 2. The summed E-state index contributed by atoms with van der Waals surface area (Å²) >= 11 is 0. The third-order valence-corrected chi connectivity index (χ3v) is 5.66. The van der Waals surface area contributed by atoms with Crippen LogP contribution in [0.1, 0.15) is 21.6 Å². The lowest BCUT2D eigenvalue weighted by Gasteiger charge is -2.13. The first kappa shape index (κ1) is 27.4. The Morgan fingerprint density at radius 3 is 2.31 bits per heavy atom. The van der Waals surface area contributed by atoms with E-state index in [0.717, 1.165) is 28.5 Å². The molecule has 0 saturated heterocycles. The van der Waals surface area contributed by atoms with Gasteiger partial charge in [-0.05, 0) is 86.2 Å². The van der Waals surface area contributed by atoms with E-state index in [0.29, 0.717) is 23.3 Å². The highest BCUT2D eigenvalue weighted by Gasteiger charge is 2.33. The summed E-state index contributed by atoms with van der Waals surface area (Å²) in [5.74, 6) is -0.478. The normalized spacial score (nSPS) is 11.4. The van der Waals surface area contributed by atoms with Gasteiger partial charge in [0.2, 0.25) is 5.91 Å². The Balaban J connectivity index is 1.58. The molecule has 0 spiro atoms. The van der Waals surface area contributed by atoms with Crippen LogP contribution in [0, 0.1) is 6.92 Å². The predicted molar refractivity (Wildman–Crippen MR) is 142 cm³/mol. The SMILES string of the molecule is Cc1ccc(NC(=O)c2ccnc(C(F)(F)F)c2)cc1-c1ccnc(-c2ccnc(NC(=O)CN(C)C)c2)c1. The van der Waals surface area contributed by atoms with E-state index in [9.17, 15) is 22.8 Å². The van der Waals surface area contributed by atoms with Crippen molar-refractivity contribution in [3.05, 3.63) is 90.0 Å². The maximum Gasteiger partial charge on any atom is 0.433 e. The van der Waals surface area contributed by atoms with Gasteiger partial charge in [0.15, 0.2) is 0 Å². The molecule has 0 bridgehead atoms. The molecule has 11 heteroatoms. The second-order valence-electron chi connectivity index (χ2n) is 9.06. The van der Waals surface area contributed by atoms with Crippen LogP contribution < -0.4 is 10.6 Å². The lowest BCUT2D eigenvalue weighted by Crippen LogP contribution is -2.27. The number of carbonyl (C=O) groups excluding carboxylic acids is 2. The Morgan fingerprint density at radius 1 is 0.846 bits per heavy atom. The molecule has 4 rings (SSSR count). The maximum absolute atomic E-state index is 13.0. The van der Waals surface area contributed by atoms with E-state index in [4.69, 9.17) is 0 Å². The largest absolute Gasteiger partial charge is 0.433 e. The minimum atomic E-state index is -4.65. The molecule has 4 aromatic rings. The van der Waals surface area contributed by atoms with Crippen molar-refractivity contribution in [2.24, 2.45) is 0 Å². The molecule has 39 heavy (non-hydrogen) atoms. The minimum Gasteiger partial charge on any atom is -0.322 e. The third-order valence-electron chi connectivity index (χ3n) is 5.66. The Kier molecular flexibility index (Phi) is 8.01. The number of nitrogens with one attached hydrogen (secondary N) is 2. The maximum atomic E-state index is 13.0. The molecule has 2 N–H and O–H groups in total. The predicted octanol–water partition coefficient (Wildman–Crippen LogP) is 5.29. The van der Waals surface area contributed by atoms with Crippen molar-refractivity contribution in [1.82, 2.24) is 19.9 Å². The number of aromatic nitrogens is 3. The zero-order valence-electron chi connectivity index (χ0n) is 21.4. The minimum absolute atomic E-state index is 0.156. The van der Waals surface area contributed by atoms with Gasteiger partial charge in [-0.1, -0.05) is 6.07 Å². The Morgan fingerprint density at radius 2 is 1.56 bits per heavy atom. The van der Waals surface area contributed by atoms with Gasteiger partial charge in [0.25, 0.3) is 5.91 Å². The standard InChI is InChI=1S/C28H25F3N6O2/c1-17-4-5-21(35-27(39)20-8-10-33-24(13-20)28(29,30)31)15-22(17)18-6-9-32-23(12-18)19-7-11-34-25(14-19)36-26(38)16-37(2)3/h4-15H,16H2,1-3H3,(H,35,39)(H,34,36,38). The summed E-state index contributed by atoms with van der Waals surface area (Å²) in [6, 6.07) is 14.4. The Bertz CT molecular complexity index is 1520. The highest BCUT2D eigenvalue weighted by atomic mass is 19.4. The fraction of sp³-hybridized carbons (Fsp3) is 0.179. The van der Waals surface area contributed by atoms with Gasteiger partial charge < -0.3 is 15.5 Å². The summed E-state index contributed by atoms with van der Waals surface area (Å²) in [6.45, 7) is 2.13. The van der Waals surface area contributed by atoms with Gasteiger partial charge in [0.05, 0.1) is 12.2 Å². The number of likely N-dealkylation sites (N-methyl/N-ethyl adjacent to an activating group) is 1. The average Bonchev–Trinajstić information content (AvgIpc) is 2.89. The zero-order valence-corrected chi connectivity index (χ0v) is 21.4. The Hall–Kier alpha value is -4.64. The molecule has 2 amide bonds. The molecule has 0 aliphatic rings. The average molecular weight is 535 g/mol. The highest BCUT2D eigenvalue weighted by Crippen LogP contribution is 2.31. The molecule has 0 saturated carbocycles. The number of anilines is 2. The molecular formula is C28H25F3N6O2. The van der Waals surface area contributed by atoms with Crippen LogP contribution in [0.3, 0.4) is 0 Å². The lowest BCUT2D eigenvalue weighted by atomic mass is 9.99. The molecule has 0 atom stereocenters. The number of halogens is 3. The molecule has 0 aliphatic carbocycles. The molecule has 8 nitrogen and oxygen atoms in total. The smallest absolute Gasteiger partial charge is 0.322 e. The number of alkyl halides is 3.